The van der Waals surface area contributed by atoms with Crippen LogP contribution in [0.3, 0.4) is 0 Å². The molecular weight excluding hydrogens is 220 g/mol. The Bertz CT molecular complexity index is 254. The number of nitrogens with one attached hydrogen (secondary N) is 2. The van der Waals surface area contributed by atoms with Gasteiger partial charge in [0.1, 0.15) is 6.04 Å². The van der Waals surface area contributed by atoms with Gasteiger partial charge in [-0.15, -0.1) is 0 Å². The highest BCUT2D eigenvalue weighted by Gasteiger charge is 2.21. The molecule has 3 N–H and O–H groups in total. The van der Waals surface area contributed by atoms with Gasteiger partial charge in [-0.3, -0.25) is 4.79 Å². The number of hydrogen-bond acceptors (Lipinski definition) is 3. The summed E-state index contributed by atoms with van der Waals surface area (Å²) in [6.07, 6.45) is 0.756. The predicted molar refractivity (Wildman–Crippen MR) is 66.8 cm³/mol. The third-order valence-corrected chi connectivity index (χ3v) is 2.38. The quantitative estimate of drug-likeness (QED) is 0.595. The van der Waals surface area contributed by atoms with Crippen molar-refractivity contribution in [2.24, 2.45) is 5.92 Å². The molecule has 100 valence electrons. The van der Waals surface area contributed by atoms with E-state index in [0.29, 0.717) is 12.8 Å². The van der Waals surface area contributed by atoms with Crippen molar-refractivity contribution in [3.63, 3.8) is 0 Å². The first-order valence-electron chi connectivity index (χ1n) is 6.12. The van der Waals surface area contributed by atoms with Crippen molar-refractivity contribution in [1.82, 2.24) is 10.6 Å². The standard InChI is InChI=1S/C12H24N2O3/c1-5-13-9(4)7-11(15)14-10(12(16)17)6-8(2)3/h8-10,13H,5-7H2,1-4H3,(H,14,15)(H,16,17)/t9?,10-/m0/s1. The summed E-state index contributed by atoms with van der Waals surface area (Å²) in [5.74, 6) is -0.947. The van der Waals surface area contributed by atoms with E-state index < -0.39 is 12.0 Å². The van der Waals surface area contributed by atoms with Crippen molar-refractivity contribution in [2.45, 2.75) is 52.6 Å². The second kappa shape index (κ2) is 8.06. The molecule has 0 saturated heterocycles. The van der Waals surface area contributed by atoms with E-state index in [1.165, 1.54) is 0 Å². The van der Waals surface area contributed by atoms with Crippen LogP contribution in [0, 0.1) is 5.92 Å². The van der Waals surface area contributed by atoms with Crippen molar-refractivity contribution < 1.29 is 14.7 Å². The van der Waals surface area contributed by atoms with Crippen LogP contribution in [0.5, 0.6) is 0 Å². The van der Waals surface area contributed by atoms with Crippen LogP contribution >= 0.6 is 0 Å². The number of carbonyl (C=O) groups excluding carboxylic acids is 1. The number of aliphatic carboxylic acids is 1. The van der Waals surface area contributed by atoms with Gasteiger partial charge < -0.3 is 15.7 Å². The molecule has 0 spiro atoms. The number of hydrogen-bond donors (Lipinski definition) is 3. The summed E-state index contributed by atoms with van der Waals surface area (Å²) in [6, 6.07) is -0.718. The first-order valence-corrected chi connectivity index (χ1v) is 6.12. The zero-order chi connectivity index (χ0) is 13.4. The van der Waals surface area contributed by atoms with Crippen molar-refractivity contribution in [3.05, 3.63) is 0 Å². The number of carboxylic acid groups (broad SMARTS) is 1. The van der Waals surface area contributed by atoms with Crippen LogP contribution in [0.1, 0.15) is 40.5 Å². The average Bonchev–Trinajstić information content (AvgIpc) is 2.15. The number of amides is 1. The summed E-state index contributed by atoms with van der Waals surface area (Å²) in [6.45, 7) is 8.53. The fraction of sp³-hybridized carbons (Fsp3) is 0.833. The highest BCUT2D eigenvalue weighted by molar-refractivity contribution is 5.83. The van der Waals surface area contributed by atoms with E-state index in [1.54, 1.807) is 0 Å². The third kappa shape index (κ3) is 7.74. The van der Waals surface area contributed by atoms with Gasteiger partial charge in [0.05, 0.1) is 0 Å². The topological polar surface area (TPSA) is 78.4 Å². The largest absolute Gasteiger partial charge is 0.480 e. The molecule has 0 aliphatic heterocycles. The Kier molecular flexibility index (Phi) is 7.54. The average molecular weight is 244 g/mol. The molecule has 0 rings (SSSR count). The van der Waals surface area contributed by atoms with E-state index in [1.807, 2.05) is 27.7 Å². The van der Waals surface area contributed by atoms with Crippen LogP contribution in [0.25, 0.3) is 0 Å². The lowest BCUT2D eigenvalue weighted by atomic mass is 10.0. The highest BCUT2D eigenvalue weighted by atomic mass is 16.4. The second-order valence-electron chi connectivity index (χ2n) is 4.75. The lowest BCUT2D eigenvalue weighted by molar-refractivity contribution is -0.142. The van der Waals surface area contributed by atoms with Gasteiger partial charge in [0.25, 0.3) is 0 Å². The maximum Gasteiger partial charge on any atom is 0.326 e. The Hall–Kier alpha value is -1.10. The van der Waals surface area contributed by atoms with Crippen molar-refractivity contribution in [1.29, 1.82) is 0 Å². The van der Waals surface area contributed by atoms with Gasteiger partial charge in [-0.25, -0.2) is 4.79 Å². The summed E-state index contributed by atoms with van der Waals surface area (Å²) in [4.78, 5) is 22.6. The van der Waals surface area contributed by atoms with Gasteiger partial charge in [0, 0.05) is 12.5 Å². The molecular formula is C12H24N2O3. The molecule has 5 nitrogen and oxygen atoms in total. The maximum atomic E-state index is 11.6. The molecule has 0 aliphatic carbocycles. The Morgan fingerprint density at radius 3 is 2.24 bits per heavy atom. The molecule has 17 heavy (non-hydrogen) atoms. The summed E-state index contributed by atoms with van der Waals surface area (Å²) < 4.78 is 0. The molecule has 2 atom stereocenters. The SMILES string of the molecule is CCNC(C)CC(=O)N[C@@H](CC(C)C)C(=O)O. The van der Waals surface area contributed by atoms with Crippen LogP contribution in [0.2, 0.25) is 0 Å². The van der Waals surface area contributed by atoms with Gasteiger partial charge in [0.2, 0.25) is 5.91 Å². The molecule has 0 aliphatic rings. The molecule has 0 aromatic carbocycles. The molecule has 5 heteroatoms. The zero-order valence-electron chi connectivity index (χ0n) is 11.1. The Labute approximate surface area is 103 Å². The summed E-state index contributed by atoms with van der Waals surface area (Å²) in [7, 11) is 0. The number of carbonyl (C=O) groups is 2. The van der Waals surface area contributed by atoms with Gasteiger partial charge in [0.15, 0.2) is 0 Å². The first-order chi connectivity index (χ1) is 7.86. The molecule has 0 saturated carbocycles. The summed E-state index contributed by atoms with van der Waals surface area (Å²) in [5.41, 5.74) is 0. The van der Waals surface area contributed by atoms with Gasteiger partial charge in [-0.1, -0.05) is 20.8 Å². The van der Waals surface area contributed by atoms with Crippen molar-refractivity contribution >= 4 is 11.9 Å². The summed E-state index contributed by atoms with van der Waals surface area (Å²) >= 11 is 0. The van der Waals surface area contributed by atoms with Gasteiger partial charge >= 0.3 is 5.97 Å². The van der Waals surface area contributed by atoms with Crippen LogP contribution in [-0.2, 0) is 9.59 Å². The van der Waals surface area contributed by atoms with E-state index in [2.05, 4.69) is 10.6 Å². The Morgan fingerprint density at radius 1 is 1.24 bits per heavy atom. The van der Waals surface area contributed by atoms with Crippen molar-refractivity contribution in [3.8, 4) is 0 Å². The minimum absolute atomic E-state index is 0.0634. The summed E-state index contributed by atoms with van der Waals surface area (Å²) in [5, 5.41) is 14.6. The van der Waals surface area contributed by atoms with Crippen LogP contribution in [0.15, 0.2) is 0 Å². The minimum atomic E-state index is -0.969. The Morgan fingerprint density at radius 2 is 1.82 bits per heavy atom. The lowest BCUT2D eigenvalue weighted by Crippen LogP contribution is -2.43. The second-order valence-corrected chi connectivity index (χ2v) is 4.75. The predicted octanol–water partition coefficient (Wildman–Crippen LogP) is 0.990. The third-order valence-electron chi connectivity index (χ3n) is 2.38. The van der Waals surface area contributed by atoms with Gasteiger partial charge in [-0.05, 0) is 25.8 Å². The maximum absolute atomic E-state index is 11.6. The molecule has 1 amide bonds. The van der Waals surface area contributed by atoms with Crippen LogP contribution in [-0.4, -0.2) is 35.6 Å². The van der Waals surface area contributed by atoms with E-state index in [0.717, 1.165) is 6.54 Å². The highest BCUT2D eigenvalue weighted by Crippen LogP contribution is 2.05. The fourth-order valence-corrected chi connectivity index (χ4v) is 1.64. The van der Waals surface area contributed by atoms with E-state index in [4.69, 9.17) is 5.11 Å². The first kappa shape index (κ1) is 15.9. The Balaban J connectivity index is 4.17. The van der Waals surface area contributed by atoms with E-state index >= 15 is 0 Å². The van der Waals surface area contributed by atoms with E-state index in [-0.39, 0.29) is 17.9 Å². The number of rotatable bonds is 8. The fourth-order valence-electron chi connectivity index (χ4n) is 1.64. The molecule has 0 fully saturated rings. The number of carboxylic acids is 1. The van der Waals surface area contributed by atoms with Crippen molar-refractivity contribution in [2.75, 3.05) is 6.54 Å². The monoisotopic (exact) mass is 244 g/mol. The van der Waals surface area contributed by atoms with Crippen LogP contribution < -0.4 is 10.6 Å². The van der Waals surface area contributed by atoms with Crippen LogP contribution in [0.4, 0.5) is 0 Å². The zero-order valence-corrected chi connectivity index (χ0v) is 11.1. The van der Waals surface area contributed by atoms with Gasteiger partial charge in [-0.2, -0.15) is 0 Å². The molecule has 1 unspecified atom stereocenters. The molecule has 0 radical (unpaired) electrons. The minimum Gasteiger partial charge on any atom is -0.480 e. The molecule has 0 bridgehead atoms. The molecule has 0 aromatic rings. The molecule has 0 heterocycles. The smallest absolute Gasteiger partial charge is 0.326 e. The normalized spacial score (nSPS) is 14.4. The lowest BCUT2D eigenvalue weighted by Gasteiger charge is -2.18. The van der Waals surface area contributed by atoms with E-state index in [9.17, 15) is 9.59 Å². The molecule has 0 aromatic heterocycles.